The molecule has 0 spiro atoms. The molecule has 0 saturated heterocycles. The van der Waals surface area contributed by atoms with E-state index in [0.717, 1.165) is 12.1 Å². The number of hydrogen-bond acceptors (Lipinski definition) is 2. The van der Waals surface area contributed by atoms with Gasteiger partial charge in [0.2, 0.25) is 5.91 Å². The maximum absolute atomic E-state index is 11.8. The van der Waals surface area contributed by atoms with Crippen LogP contribution in [0.4, 0.5) is 10.5 Å². The second-order valence-electron chi connectivity index (χ2n) is 6.12. The van der Waals surface area contributed by atoms with Gasteiger partial charge in [-0.1, -0.05) is 32.9 Å². The lowest BCUT2D eigenvalue weighted by molar-refractivity contribution is -0.116. The molecule has 0 aliphatic heterocycles. The highest BCUT2D eigenvalue weighted by molar-refractivity contribution is 5.90. The van der Waals surface area contributed by atoms with E-state index in [1.165, 1.54) is 5.56 Å². The van der Waals surface area contributed by atoms with Crippen LogP contribution in [0.2, 0.25) is 0 Å². The monoisotopic (exact) mass is 291 g/mol. The van der Waals surface area contributed by atoms with Gasteiger partial charge in [0.15, 0.2) is 0 Å². The number of rotatable bonds is 6. The Labute approximate surface area is 126 Å². The summed E-state index contributed by atoms with van der Waals surface area (Å²) in [5.41, 5.74) is 7.10. The molecule has 0 heterocycles. The molecule has 0 saturated carbocycles. The fourth-order valence-electron chi connectivity index (χ4n) is 1.90. The zero-order chi connectivity index (χ0) is 15.9. The van der Waals surface area contributed by atoms with Crippen molar-refractivity contribution in [2.24, 2.45) is 5.73 Å². The lowest BCUT2D eigenvalue weighted by atomic mass is 9.87. The summed E-state index contributed by atoms with van der Waals surface area (Å²) in [6, 6.07) is 7.39. The topological polar surface area (TPSA) is 84.2 Å². The van der Waals surface area contributed by atoms with E-state index < -0.39 is 6.03 Å². The molecule has 0 radical (unpaired) electrons. The van der Waals surface area contributed by atoms with Crippen molar-refractivity contribution >= 4 is 17.6 Å². The number of carbonyl (C=O) groups excluding carboxylic acids is 2. The van der Waals surface area contributed by atoms with Crippen molar-refractivity contribution in [2.75, 3.05) is 11.9 Å². The first-order valence-electron chi connectivity index (χ1n) is 7.23. The number of nitrogens with two attached hydrogens (primary N) is 1. The smallest absolute Gasteiger partial charge is 0.312 e. The van der Waals surface area contributed by atoms with Crippen LogP contribution in [0.25, 0.3) is 0 Å². The van der Waals surface area contributed by atoms with Gasteiger partial charge in [-0.3, -0.25) is 4.79 Å². The van der Waals surface area contributed by atoms with E-state index in [9.17, 15) is 9.59 Å². The minimum atomic E-state index is -0.529. The van der Waals surface area contributed by atoms with Crippen LogP contribution in [-0.2, 0) is 10.2 Å². The Hall–Kier alpha value is -2.04. The summed E-state index contributed by atoms with van der Waals surface area (Å²) in [5.74, 6) is -0.0161. The average Bonchev–Trinajstić information content (AvgIpc) is 2.37. The maximum atomic E-state index is 11.8. The Morgan fingerprint density at radius 2 is 1.71 bits per heavy atom. The van der Waals surface area contributed by atoms with Crippen LogP contribution < -0.4 is 16.4 Å². The number of urea groups is 1. The first kappa shape index (κ1) is 17.0. The van der Waals surface area contributed by atoms with E-state index in [1.807, 2.05) is 24.3 Å². The van der Waals surface area contributed by atoms with E-state index in [2.05, 4.69) is 31.4 Å². The van der Waals surface area contributed by atoms with Gasteiger partial charge in [0.05, 0.1) is 0 Å². The molecule has 0 fully saturated rings. The molecule has 1 aromatic rings. The Morgan fingerprint density at radius 3 is 2.24 bits per heavy atom. The summed E-state index contributed by atoms with van der Waals surface area (Å²) in [6.45, 7) is 6.96. The van der Waals surface area contributed by atoms with E-state index in [0.29, 0.717) is 19.4 Å². The molecule has 4 N–H and O–H groups in total. The molecule has 3 amide bonds. The number of anilines is 1. The van der Waals surface area contributed by atoms with Gasteiger partial charge >= 0.3 is 6.03 Å². The first-order chi connectivity index (χ1) is 9.79. The average molecular weight is 291 g/mol. The SMILES string of the molecule is CC(C)(C)c1ccc(NC(=O)CCCCNC(N)=O)cc1. The second kappa shape index (κ2) is 7.67. The van der Waals surface area contributed by atoms with Crippen molar-refractivity contribution in [3.8, 4) is 0 Å². The first-order valence-corrected chi connectivity index (χ1v) is 7.23. The lowest BCUT2D eigenvalue weighted by Gasteiger charge is -2.19. The van der Waals surface area contributed by atoms with Crippen molar-refractivity contribution in [1.29, 1.82) is 0 Å². The summed E-state index contributed by atoms with van der Waals surface area (Å²) in [6.07, 6.45) is 1.88. The molecule has 1 rings (SSSR count). The molecule has 21 heavy (non-hydrogen) atoms. The highest BCUT2D eigenvalue weighted by Gasteiger charge is 2.13. The predicted octanol–water partition coefficient (Wildman–Crippen LogP) is 2.76. The molecule has 5 nitrogen and oxygen atoms in total. The van der Waals surface area contributed by atoms with Gasteiger partial charge in [-0.25, -0.2) is 4.79 Å². The molecular weight excluding hydrogens is 266 g/mol. The van der Waals surface area contributed by atoms with Gasteiger partial charge in [-0.15, -0.1) is 0 Å². The third-order valence-electron chi connectivity index (χ3n) is 3.16. The molecule has 0 bridgehead atoms. The third-order valence-corrected chi connectivity index (χ3v) is 3.16. The quantitative estimate of drug-likeness (QED) is 0.704. The van der Waals surface area contributed by atoms with Crippen LogP contribution in [0, 0.1) is 0 Å². The van der Waals surface area contributed by atoms with Crippen molar-refractivity contribution < 1.29 is 9.59 Å². The third kappa shape index (κ3) is 6.79. The van der Waals surface area contributed by atoms with E-state index in [1.54, 1.807) is 0 Å². The molecule has 0 atom stereocenters. The van der Waals surface area contributed by atoms with Crippen molar-refractivity contribution in [2.45, 2.75) is 45.4 Å². The van der Waals surface area contributed by atoms with Gasteiger partial charge in [-0.05, 0) is 36.0 Å². The molecule has 1 aromatic carbocycles. The Bertz CT molecular complexity index is 475. The van der Waals surface area contributed by atoms with Crippen LogP contribution in [-0.4, -0.2) is 18.5 Å². The van der Waals surface area contributed by atoms with Crippen molar-refractivity contribution in [1.82, 2.24) is 5.32 Å². The normalized spacial score (nSPS) is 11.0. The zero-order valence-electron chi connectivity index (χ0n) is 13.0. The summed E-state index contributed by atoms with van der Waals surface area (Å²) in [7, 11) is 0. The fraction of sp³-hybridized carbons (Fsp3) is 0.500. The minimum Gasteiger partial charge on any atom is -0.352 e. The molecule has 0 unspecified atom stereocenters. The number of hydrogen-bond donors (Lipinski definition) is 3. The largest absolute Gasteiger partial charge is 0.352 e. The predicted molar refractivity (Wildman–Crippen MR) is 85.2 cm³/mol. The highest BCUT2D eigenvalue weighted by atomic mass is 16.2. The van der Waals surface area contributed by atoms with E-state index in [4.69, 9.17) is 5.73 Å². The van der Waals surface area contributed by atoms with Crippen LogP contribution in [0.5, 0.6) is 0 Å². The number of primary amides is 1. The highest BCUT2D eigenvalue weighted by Crippen LogP contribution is 2.23. The molecule has 0 aliphatic carbocycles. The zero-order valence-corrected chi connectivity index (χ0v) is 13.0. The van der Waals surface area contributed by atoms with E-state index >= 15 is 0 Å². The van der Waals surface area contributed by atoms with Gasteiger partial charge in [0, 0.05) is 18.7 Å². The summed E-state index contributed by atoms with van der Waals surface area (Å²) < 4.78 is 0. The molecule has 5 heteroatoms. The van der Waals surface area contributed by atoms with Gasteiger partial charge in [0.1, 0.15) is 0 Å². The number of unbranched alkanes of at least 4 members (excludes halogenated alkanes) is 1. The summed E-state index contributed by atoms with van der Waals surface area (Å²) >= 11 is 0. The van der Waals surface area contributed by atoms with Crippen LogP contribution >= 0.6 is 0 Å². The van der Waals surface area contributed by atoms with Crippen LogP contribution in [0.15, 0.2) is 24.3 Å². The maximum Gasteiger partial charge on any atom is 0.312 e. The number of amides is 3. The standard InChI is InChI=1S/C16H25N3O2/c1-16(2,3)12-7-9-13(10-8-12)19-14(20)6-4-5-11-18-15(17)21/h7-10H,4-6,11H2,1-3H3,(H,19,20)(H3,17,18,21). The van der Waals surface area contributed by atoms with Crippen molar-refractivity contribution in [3.05, 3.63) is 29.8 Å². The van der Waals surface area contributed by atoms with Crippen LogP contribution in [0.1, 0.15) is 45.6 Å². The van der Waals surface area contributed by atoms with Gasteiger partial charge in [0.25, 0.3) is 0 Å². The fourth-order valence-corrected chi connectivity index (χ4v) is 1.90. The van der Waals surface area contributed by atoms with Crippen LogP contribution in [0.3, 0.4) is 0 Å². The molecule has 0 aliphatic rings. The number of nitrogens with one attached hydrogen (secondary N) is 2. The molecule has 0 aromatic heterocycles. The Balaban J connectivity index is 2.33. The van der Waals surface area contributed by atoms with Gasteiger partial charge in [-0.2, -0.15) is 0 Å². The lowest BCUT2D eigenvalue weighted by Crippen LogP contribution is -2.30. The summed E-state index contributed by atoms with van der Waals surface area (Å²) in [5, 5.41) is 5.37. The van der Waals surface area contributed by atoms with Gasteiger partial charge < -0.3 is 16.4 Å². The Kier molecular flexibility index (Phi) is 6.21. The number of benzene rings is 1. The Morgan fingerprint density at radius 1 is 1.10 bits per heavy atom. The number of carbonyl (C=O) groups is 2. The molecule has 116 valence electrons. The van der Waals surface area contributed by atoms with E-state index in [-0.39, 0.29) is 11.3 Å². The second-order valence-corrected chi connectivity index (χ2v) is 6.12. The summed E-state index contributed by atoms with van der Waals surface area (Å²) in [4.78, 5) is 22.2. The minimum absolute atomic E-state index is 0.0161. The van der Waals surface area contributed by atoms with Crippen molar-refractivity contribution in [3.63, 3.8) is 0 Å². The molecular formula is C16H25N3O2.